The highest BCUT2D eigenvalue weighted by molar-refractivity contribution is 5.74. The molecule has 0 unspecified atom stereocenters. The molecule has 2 aliphatic rings. The number of para-hydroxylation sites is 1. The van der Waals surface area contributed by atoms with E-state index in [1.54, 1.807) is 18.3 Å². The molecule has 2 atom stereocenters. The second-order valence-corrected chi connectivity index (χ2v) is 9.84. The van der Waals surface area contributed by atoms with E-state index in [0.29, 0.717) is 22.9 Å². The van der Waals surface area contributed by atoms with Crippen molar-refractivity contribution in [2.24, 2.45) is 0 Å². The summed E-state index contributed by atoms with van der Waals surface area (Å²) < 4.78 is 0. The average molecular weight is 499 g/mol. The van der Waals surface area contributed by atoms with Gasteiger partial charge in [-0.3, -0.25) is 4.90 Å². The van der Waals surface area contributed by atoms with Crippen LogP contribution in [0.1, 0.15) is 38.4 Å². The SMILES string of the molecule is C[C@H]1CCN(c2cc(-c3ccccc3O)nnc2N)CCN1c1ccnc(C#C[C@H]2CCCCN2C)n1. The van der Waals surface area contributed by atoms with Gasteiger partial charge in [0.15, 0.2) is 5.82 Å². The molecule has 2 aromatic heterocycles. The van der Waals surface area contributed by atoms with Crippen LogP contribution in [0.3, 0.4) is 0 Å². The molecule has 5 rings (SSSR count). The van der Waals surface area contributed by atoms with Crippen molar-refractivity contribution in [2.75, 3.05) is 48.8 Å². The highest BCUT2D eigenvalue weighted by Crippen LogP contribution is 2.32. The van der Waals surface area contributed by atoms with Gasteiger partial charge in [0.05, 0.1) is 17.4 Å². The summed E-state index contributed by atoms with van der Waals surface area (Å²) in [5, 5.41) is 18.7. The van der Waals surface area contributed by atoms with Crippen LogP contribution in [0.5, 0.6) is 5.75 Å². The van der Waals surface area contributed by atoms with Gasteiger partial charge in [-0.25, -0.2) is 9.97 Å². The maximum Gasteiger partial charge on any atom is 0.206 e. The first-order valence-electron chi connectivity index (χ1n) is 13.0. The van der Waals surface area contributed by atoms with Gasteiger partial charge in [-0.2, -0.15) is 0 Å². The number of phenolic OH excluding ortho intramolecular Hbond substituents is 1. The van der Waals surface area contributed by atoms with Gasteiger partial charge in [-0.05, 0) is 76.4 Å². The van der Waals surface area contributed by atoms with Gasteiger partial charge in [0, 0.05) is 37.4 Å². The zero-order valence-electron chi connectivity index (χ0n) is 21.5. The predicted molar refractivity (Wildman–Crippen MR) is 146 cm³/mol. The highest BCUT2D eigenvalue weighted by atomic mass is 16.3. The van der Waals surface area contributed by atoms with Crippen LogP contribution >= 0.6 is 0 Å². The minimum absolute atomic E-state index is 0.168. The zero-order chi connectivity index (χ0) is 25.8. The van der Waals surface area contributed by atoms with E-state index in [0.717, 1.165) is 50.5 Å². The van der Waals surface area contributed by atoms with E-state index in [1.807, 2.05) is 24.3 Å². The summed E-state index contributed by atoms with van der Waals surface area (Å²) in [6.45, 7) is 5.64. The Morgan fingerprint density at radius 2 is 1.89 bits per heavy atom. The van der Waals surface area contributed by atoms with Gasteiger partial charge in [0.2, 0.25) is 5.82 Å². The fourth-order valence-electron chi connectivity index (χ4n) is 5.08. The van der Waals surface area contributed by atoms with Gasteiger partial charge in [-0.15, -0.1) is 10.2 Å². The van der Waals surface area contributed by atoms with Crippen LogP contribution in [0.2, 0.25) is 0 Å². The van der Waals surface area contributed by atoms with Crippen LogP contribution in [0.15, 0.2) is 42.6 Å². The normalized spacial score (nSPS) is 20.7. The fourth-order valence-corrected chi connectivity index (χ4v) is 5.08. The lowest BCUT2D eigenvalue weighted by Gasteiger charge is -2.28. The minimum Gasteiger partial charge on any atom is -0.507 e. The Kier molecular flexibility index (Phi) is 7.37. The average Bonchev–Trinajstić information content (AvgIpc) is 3.10. The van der Waals surface area contributed by atoms with E-state index in [2.05, 4.69) is 55.7 Å². The Morgan fingerprint density at radius 3 is 2.73 bits per heavy atom. The maximum absolute atomic E-state index is 10.3. The first kappa shape index (κ1) is 24.8. The van der Waals surface area contributed by atoms with Gasteiger partial charge >= 0.3 is 0 Å². The molecule has 3 N–H and O–H groups in total. The van der Waals surface area contributed by atoms with Crippen molar-refractivity contribution in [1.82, 2.24) is 25.1 Å². The van der Waals surface area contributed by atoms with Crippen LogP contribution in [0.4, 0.5) is 17.3 Å². The van der Waals surface area contributed by atoms with Gasteiger partial charge in [-0.1, -0.05) is 18.1 Å². The van der Waals surface area contributed by atoms with E-state index in [9.17, 15) is 5.11 Å². The topological polar surface area (TPSA) is 108 Å². The molecule has 2 fully saturated rings. The number of aromatic nitrogens is 4. The molecular weight excluding hydrogens is 464 g/mol. The summed E-state index contributed by atoms with van der Waals surface area (Å²) in [6, 6.07) is 11.5. The lowest BCUT2D eigenvalue weighted by molar-refractivity contribution is 0.229. The molecule has 37 heavy (non-hydrogen) atoms. The van der Waals surface area contributed by atoms with E-state index in [-0.39, 0.29) is 17.8 Å². The molecule has 0 aliphatic carbocycles. The number of rotatable bonds is 3. The number of hydrogen-bond acceptors (Lipinski definition) is 9. The number of nitrogen functional groups attached to an aromatic ring is 1. The summed E-state index contributed by atoms with van der Waals surface area (Å²) in [7, 11) is 2.14. The highest BCUT2D eigenvalue weighted by Gasteiger charge is 2.24. The first-order chi connectivity index (χ1) is 18.0. The third-order valence-electron chi connectivity index (χ3n) is 7.34. The molecule has 9 heteroatoms. The van der Waals surface area contributed by atoms with Crippen LogP contribution in [-0.2, 0) is 0 Å². The molecule has 0 radical (unpaired) electrons. The number of phenols is 1. The summed E-state index contributed by atoms with van der Waals surface area (Å²) in [5.74, 6) is 8.61. The lowest BCUT2D eigenvalue weighted by Crippen LogP contribution is -2.36. The van der Waals surface area contributed by atoms with E-state index < -0.39 is 0 Å². The third kappa shape index (κ3) is 5.59. The van der Waals surface area contributed by atoms with E-state index in [1.165, 1.54) is 12.8 Å². The van der Waals surface area contributed by atoms with Crippen molar-refractivity contribution in [1.29, 1.82) is 0 Å². The second-order valence-electron chi connectivity index (χ2n) is 9.84. The summed E-state index contributed by atoms with van der Waals surface area (Å²) in [6.07, 6.45) is 6.28. The van der Waals surface area contributed by atoms with E-state index >= 15 is 0 Å². The van der Waals surface area contributed by atoms with Gasteiger partial charge in [0.1, 0.15) is 11.6 Å². The number of hydrogen-bond donors (Lipinski definition) is 2. The molecule has 3 aromatic rings. The minimum atomic E-state index is 0.168. The van der Waals surface area contributed by atoms with E-state index in [4.69, 9.17) is 10.7 Å². The molecule has 0 amide bonds. The molecule has 2 aliphatic heterocycles. The molecule has 192 valence electrons. The summed E-state index contributed by atoms with van der Waals surface area (Å²) in [4.78, 5) is 16.1. The number of benzene rings is 1. The number of anilines is 3. The molecule has 2 saturated heterocycles. The van der Waals surface area contributed by atoms with Crippen LogP contribution in [0, 0.1) is 11.8 Å². The van der Waals surface area contributed by atoms with Crippen molar-refractivity contribution in [2.45, 2.75) is 44.7 Å². The molecule has 1 aromatic carbocycles. The third-order valence-corrected chi connectivity index (χ3v) is 7.34. The molecule has 9 nitrogen and oxygen atoms in total. The predicted octanol–water partition coefficient (Wildman–Crippen LogP) is 3.16. The summed E-state index contributed by atoms with van der Waals surface area (Å²) >= 11 is 0. The quantitative estimate of drug-likeness (QED) is 0.527. The largest absolute Gasteiger partial charge is 0.507 e. The Hall–Kier alpha value is -3.90. The lowest BCUT2D eigenvalue weighted by atomic mass is 10.0. The first-order valence-corrected chi connectivity index (χ1v) is 13.0. The van der Waals surface area contributed by atoms with Crippen molar-refractivity contribution in [3.63, 3.8) is 0 Å². The van der Waals surface area contributed by atoms with Crippen molar-refractivity contribution < 1.29 is 5.11 Å². The van der Waals surface area contributed by atoms with Crippen LogP contribution < -0.4 is 15.5 Å². The molecule has 4 heterocycles. The number of piperidine rings is 1. The van der Waals surface area contributed by atoms with Crippen molar-refractivity contribution >= 4 is 17.3 Å². The molecule has 0 spiro atoms. The smallest absolute Gasteiger partial charge is 0.206 e. The van der Waals surface area contributed by atoms with Crippen molar-refractivity contribution in [3.05, 3.63) is 48.4 Å². The van der Waals surface area contributed by atoms with Crippen molar-refractivity contribution in [3.8, 4) is 28.8 Å². The Bertz CT molecular complexity index is 1300. The number of nitrogens with zero attached hydrogens (tertiary/aromatic N) is 7. The van der Waals surface area contributed by atoms with Crippen LogP contribution in [-0.4, -0.2) is 75.5 Å². The summed E-state index contributed by atoms with van der Waals surface area (Å²) in [5.41, 5.74) is 8.32. The number of nitrogens with two attached hydrogens (primary N) is 1. The Balaban J connectivity index is 1.33. The number of likely N-dealkylation sites (tertiary alicyclic amines) is 1. The zero-order valence-corrected chi connectivity index (χ0v) is 21.5. The monoisotopic (exact) mass is 498 g/mol. The van der Waals surface area contributed by atoms with Gasteiger partial charge < -0.3 is 20.6 Å². The molecular formula is C28H34N8O. The van der Waals surface area contributed by atoms with Gasteiger partial charge in [0.25, 0.3) is 0 Å². The fraction of sp³-hybridized carbons (Fsp3) is 0.429. The standard InChI is InChI=1S/C28H34N8O/c1-20-13-16-35(24-19-23(32-33-28(24)29)22-8-3-4-9-25(22)37)17-18-36(20)27-12-14-30-26(31-27)11-10-21-7-5-6-15-34(21)2/h3-4,8-9,12,14,19-21,37H,5-7,13,15-18H2,1-2H3,(H2,29,33)/t20-,21+/m0/s1. The molecule has 0 saturated carbocycles. The molecule has 0 bridgehead atoms. The Morgan fingerprint density at radius 1 is 1.03 bits per heavy atom. The maximum atomic E-state index is 10.3. The number of aromatic hydroxyl groups is 1. The van der Waals surface area contributed by atoms with Crippen LogP contribution in [0.25, 0.3) is 11.3 Å². The Labute approximate surface area is 218 Å². The second kappa shape index (κ2) is 11.0.